The number of fused-ring (bicyclic) bond motifs is 2. The van der Waals surface area contributed by atoms with Gasteiger partial charge in [-0.2, -0.15) is 0 Å². The molecule has 2 atom stereocenters. The zero-order valence-corrected chi connectivity index (χ0v) is 7.86. The van der Waals surface area contributed by atoms with E-state index in [0.717, 1.165) is 12.1 Å². The van der Waals surface area contributed by atoms with Crippen molar-refractivity contribution in [3.8, 4) is 0 Å². The number of piperazine rings is 1. The Morgan fingerprint density at radius 2 is 1.73 bits per heavy atom. The van der Waals surface area contributed by atoms with Gasteiger partial charge in [-0.25, -0.2) is 0 Å². The van der Waals surface area contributed by atoms with Crippen LogP contribution in [0.3, 0.4) is 0 Å². The molecule has 2 rings (SSSR count). The summed E-state index contributed by atoms with van der Waals surface area (Å²) >= 11 is 0. The minimum atomic E-state index is 0. The van der Waals surface area contributed by atoms with Crippen LogP contribution >= 0.6 is 12.4 Å². The van der Waals surface area contributed by atoms with Gasteiger partial charge in [0.05, 0.1) is 0 Å². The number of nitrogens with zero attached hydrogens (tertiary/aromatic N) is 1. The summed E-state index contributed by atoms with van der Waals surface area (Å²) in [5, 5.41) is 3.64. The van der Waals surface area contributed by atoms with E-state index in [1.54, 1.807) is 0 Å². The first-order chi connectivity index (χ1) is 4.84. The quantitative estimate of drug-likeness (QED) is 0.589. The van der Waals surface area contributed by atoms with E-state index in [2.05, 4.69) is 17.3 Å². The van der Waals surface area contributed by atoms with Crippen LogP contribution < -0.4 is 5.32 Å². The summed E-state index contributed by atoms with van der Waals surface area (Å²) in [5.41, 5.74) is 0. The molecule has 2 heterocycles. The molecular formula is C8H17ClN2. The van der Waals surface area contributed by atoms with E-state index in [9.17, 15) is 0 Å². The molecule has 66 valence electrons. The van der Waals surface area contributed by atoms with Crippen molar-refractivity contribution in [1.82, 2.24) is 10.2 Å². The molecule has 0 aromatic rings. The normalized spacial score (nSPS) is 37.9. The number of piperidine rings is 1. The Morgan fingerprint density at radius 1 is 1.18 bits per heavy atom. The van der Waals surface area contributed by atoms with Crippen LogP contribution in [0.1, 0.15) is 19.3 Å². The average molecular weight is 177 g/mol. The second-order valence-corrected chi connectivity index (χ2v) is 3.71. The highest BCUT2D eigenvalue weighted by Crippen LogP contribution is 2.17. The van der Waals surface area contributed by atoms with E-state index >= 15 is 0 Å². The molecule has 0 aromatic heterocycles. The fraction of sp³-hybridized carbons (Fsp3) is 1.00. The van der Waals surface area contributed by atoms with Crippen molar-refractivity contribution in [2.24, 2.45) is 0 Å². The minimum Gasteiger partial charge on any atom is -0.309 e. The topological polar surface area (TPSA) is 15.3 Å². The number of likely N-dealkylation sites (N-methyl/N-ethyl adjacent to an activating group) is 1. The molecule has 2 aliphatic rings. The first-order valence-corrected chi connectivity index (χ1v) is 4.29. The molecule has 1 N–H and O–H groups in total. The smallest absolute Gasteiger partial charge is 0.0198 e. The molecule has 3 heteroatoms. The van der Waals surface area contributed by atoms with Gasteiger partial charge in [0.15, 0.2) is 0 Å². The lowest BCUT2D eigenvalue weighted by Crippen LogP contribution is -2.57. The summed E-state index contributed by atoms with van der Waals surface area (Å²) in [6.07, 6.45) is 4.22. The third kappa shape index (κ3) is 2.08. The third-order valence-electron chi connectivity index (χ3n) is 2.64. The molecule has 0 aliphatic carbocycles. The maximum absolute atomic E-state index is 3.64. The van der Waals surface area contributed by atoms with Gasteiger partial charge >= 0.3 is 0 Å². The summed E-state index contributed by atoms with van der Waals surface area (Å²) < 4.78 is 0. The van der Waals surface area contributed by atoms with E-state index in [1.807, 2.05) is 0 Å². The number of hydrogen-bond acceptors (Lipinski definition) is 2. The first-order valence-electron chi connectivity index (χ1n) is 4.29. The molecule has 2 bridgehead atoms. The number of halogens is 1. The van der Waals surface area contributed by atoms with E-state index in [4.69, 9.17) is 0 Å². The number of hydrogen-bond donors (Lipinski definition) is 1. The fourth-order valence-corrected chi connectivity index (χ4v) is 2.23. The Hall–Kier alpha value is 0.210. The Bertz CT molecular complexity index is 113. The molecule has 0 aromatic carbocycles. The summed E-state index contributed by atoms with van der Waals surface area (Å²) in [6, 6.07) is 1.61. The number of rotatable bonds is 0. The average Bonchev–Trinajstić information content (AvgIpc) is 1.85. The highest BCUT2D eigenvalue weighted by molar-refractivity contribution is 5.85. The maximum atomic E-state index is 3.64. The van der Waals surface area contributed by atoms with Gasteiger partial charge in [-0.05, 0) is 19.9 Å². The van der Waals surface area contributed by atoms with Crippen molar-refractivity contribution in [1.29, 1.82) is 0 Å². The van der Waals surface area contributed by atoms with Crippen molar-refractivity contribution in [2.75, 3.05) is 20.1 Å². The van der Waals surface area contributed by atoms with Crippen LogP contribution in [0.4, 0.5) is 0 Å². The summed E-state index contributed by atoms with van der Waals surface area (Å²) in [7, 11) is 2.23. The minimum absolute atomic E-state index is 0. The van der Waals surface area contributed by atoms with E-state index < -0.39 is 0 Å². The summed E-state index contributed by atoms with van der Waals surface area (Å²) in [4.78, 5) is 2.45. The van der Waals surface area contributed by atoms with Gasteiger partial charge in [-0.1, -0.05) is 6.42 Å². The molecular weight excluding hydrogens is 160 g/mol. The van der Waals surface area contributed by atoms with Crippen LogP contribution in [0.15, 0.2) is 0 Å². The Labute approximate surface area is 74.7 Å². The lowest BCUT2D eigenvalue weighted by Gasteiger charge is -2.40. The molecule has 2 unspecified atom stereocenters. The monoisotopic (exact) mass is 176 g/mol. The van der Waals surface area contributed by atoms with Gasteiger partial charge < -0.3 is 10.2 Å². The van der Waals surface area contributed by atoms with Crippen LogP contribution in [0.25, 0.3) is 0 Å². The largest absolute Gasteiger partial charge is 0.309 e. The van der Waals surface area contributed by atoms with Crippen LogP contribution in [0.5, 0.6) is 0 Å². The van der Waals surface area contributed by atoms with Crippen molar-refractivity contribution in [2.45, 2.75) is 31.3 Å². The zero-order chi connectivity index (χ0) is 6.97. The number of nitrogens with one attached hydrogen (secondary N) is 1. The first kappa shape index (κ1) is 9.30. The predicted octanol–water partition coefficient (Wildman–Crippen LogP) is 0.864. The van der Waals surface area contributed by atoms with Crippen molar-refractivity contribution >= 4 is 12.4 Å². The van der Waals surface area contributed by atoms with Crippen LogP contribution in [0, 0.1) is 0 Å². The van der Waals surface area contributed by atoms with E-state index in [1.165, 1.54) is 32.4 Å². The van der Waals surface area contributed by atoms with Gasteiger partial charge in [0.2, 0.25) is 0 Å². The van der Waals surface area contributed by atoms with Gasteiger partial charge in [0.25, 0.3) is 0 Å². The van der Waals surface area contributed by atoms with Crippen molar-refractivity contribution < 1.29 is 0 Å². The van der Waals surface area contributed by atoms with Crippen molar-refractivity contribution in [3.63, 3.8) is 0 Å². The van der Waals surface area contributed by atoms with Crippen LogP contribution in [0.2, 0.25) is 0 Å². The lowest BCUT2D eigenvalue weighted by molar-refractivity contribution is 0.150. The summed E-state index contributed by atoms with van der Waals surface area (Å²) in [6.45, 7) is 2.52. The van der Waals surface area contributed by atoms with Gasteiger partial charge in [-0.3, -0.25) is 0 Å². The van der Waals surface area contributed by atoms with Crippen LogP contribution in [-0.2, 0) is 0 Å². The number of likely N-dealkylation sites (tertiary alicyclic amines) is 1. The Balaban J connectivity index is 0.000000605. The molecule has 11 heavy (non-hydrogen) atoms. The van der Waals surface area contributed by atoms with Gasteiger partial charge in [0.1, 0.15) is 0 Å². The highest BCUT2D eigenvalue weighted by atomic mass is 35.5. The molecule has 2 nitrogen and oxygen atoms in total. The SMILES string of the molecule is CN1CC2CCCC(C1)N2.Cl. The third-order valence-corrected chi connectivity index (χ3v) is 2.64. The van der Waals surface area contributed by atoms with E-state index in [0.29, 0.717) is 0 Å². The lowest BCUT2D eigenvalue weighted by atomic mass is 9.95. The summed E-state index contributed by atoms with van der Waals surface area (Å²) in [5.74, 6) is 0. The van der Waals surface area contributed by atoms with Gasteiger partial charge in [0, 0.05) is 25.2 Å². The van der Waals surface area contributed by atoms with Crippen LogP contribution in [-0.4, -0.2) is 37.1 Å². The van der Waals surface area contributed by atoms with E-state index in [-0.39, 0.29) is 12.4 Å². The molecule has 2 saturated heterocycles. The zero-order valence-electron chi connectivity index (χ0n) is 7.05. The highest BCUT2D eigenvalue weighted by Gasteiger charge is 2.27. The molecule has 0 amide bonds. The molecule has 0 spiro atoms. The predicted molar refractivity (Wildman–Crippen MR) is 49.3 cm³/mol. The van der Waals surface area contributed by atoms with Gasteiger partial charge in [-0.15, -0.1) is 12.4 Å². The maximum Gasteiger partial charge on any atom is 0.0198 e. The molecule has 2 fully saturated rings. The molecule has 0 saturated carbocycles. The second kappa shape index (κ2) is 3.74. The molecule has 0 radical (unpaired) electrons. The Kier molecular flexibility index (Phi) is 3.16. The molecule has 2 aliphatic heterocycles. The second-order valence-electron chi connectivity index (χ2n) is 3.71. The van der Waals surface area contributed by atoms with Crippen molar-refractivity contribution in [3.05, 3.63) is 0 Å². The fourth-order valence-electron chi connectivity index (χ4n) is 2.23. The Morgan fingerprint density at radius 3 is 2.27 bits per heavy atom. The standard InChI is InChI=1S/C8H16N2.ClH/c1-10-5-7-3-2-4-8(6-10)9-7;/h7-9H,2-6H2,1H3;1H.